The molecule has 0 atom stereocenters. The van der Waals surface area contributed by atoms with Gasteiger partial charge in [-0.1, -0.05) is 0 Å². The summed E-state index contributed by atoms with van der Waals surface area (Å²) in [5, 5.41) is 7.69. The van der Waals surface area contributed by atoms with E-state index in [1.165, 1.54) is 6.20 Å². The second kappa shape index (κ2) is 5.45. The van der Waals surface area contributed by atoms with Crippen LogP contribution in [-0.2, 0) is 0 Å². The lowest BCUT2D eigenvalue weighted by molar-refractivity contribution is 1.15. The number of hydrogen-bond acceptors (Lipinski definition) is 5. The molecule has 2 aromatic heterocycles. The summed E-state index contributed by atoms with van der Waals surface area (Å²) in [6, 6.07) is 3.63. The van der Waals surface area contributed by atoms with Crippen LogP contribution in [0.4, 0.5) is 0 Å². The van der Waals surface area contributed by atoms with Gasteiger partial charge in [0.1, 0.15) is 5.69 Å². The topological polar surface area (TPSA) is 89.4 Å². The van der Waals surface area contributed by atoms with Gasteiger partial charge in [-0.25, -0.2) is 4.98 Å². The number of rotatable bonds is 3. The molecule has 84 valence electrons. The average Bonchev–Trinajstić information content (AvgIpc) is 2.41. The minimum atomic E-state index is 0.225. The van der Waals surface area contributed by atoms with E-state index in [4.69, 9.17) is 5.73 Å². The zero-order valence-electron chi connectivity index (χ0n) is 8.93. The average molecular weight is 226 g/mol. The number of nitrogens with zero attached hydrogens (tertiary/aromatic N) is 5. The van der Waals surface area contributed by atoms with Gasteiger partial charge in [-0.15, -0.1) is 5.10 Å². The fourth-order valence-corrected chi connectivity index (χ4v) is 1.09. The maximum Gasteiger partial charge on any atom is 0.173 e. The van der Waals surface area contributed by atoms with E-state index in [9.17, 15) is 0 Å². The molecule has 0 amide bonds. The quantitative estimate of drug-likeness (QED) is 0.471. The Morgan fingerprint density at radius 1 is 1.12 bits per heavy atom. The molecule has 2 N–H and O–H groups in total. The van der Waals surface area contributed by atoms with Gasteiger partial charge in [0.05, 0.1) is 12.4 Å². The molecule has 6 heteroatoms. The lowest BCUT2D eigenvalue weighted by atomic mass is 10.3. The molecule has 2 heterocycles. The van der Waals surface area contributed by atoms with E-state index in [1.54, 1.807) is 31.0 Å². The van der Waals surface area contributed by atoms with Crippen molar-refractivity contribution in [3.05, 3.63) is 54.4 Å². The van der Waals surface area contributed by atoms with Gasteiger partial charge in [0.15, 0.2) is 5.84 Å². The van der Waals surface area contributed by atoms with E-state index in [-0.39, 0.29) is 5.84 Å². The lowest BCUT2D eigenvalue weighted by Gasteiger charge is -1.94. The van der Waals surface area contributed by atoms with E-state index in [0.717, 1.165) is 5.56 Å². The van der Waals surface area contributed by atoms with Crippen LogP contribution in [0.15, 0.2) is 53.3 Å². The largest absolute Gasteiger partial charge is 0.380 e. The molecule has 6 nitrogen and oxygen atoms in total. The summed E-state index contributed by atoms with van der Waals surface area (Å²) in [5.74, 6) is 0.225. The molecule has 0 radical (unpaired) electrons. The Morgan fingerprint density at radius 2 is 1.94 bits per heavy atom. The Labute approximate surface area is 98.0 Å². The van der Waals surface area contributed by atoms with Crippen LogP contribution in [0.3, 0.4) is 0 Å². The zero-order chi connectivity index (χ0) is 11.9. The number of aromatic nitrogens is 3. The van der Waals surface area contributed by atoms with Gasteiger partial charge in [-0.05, 0) is 17.7 Å². The Balaban J connectivity index is 2.09. The smallest absolute Gasteiger partial charge is 0.173 e. The van der Waals surface area contributed by atoms with Crippen molar-refractivity contribution in [2.75, 3.05) is 0 Å². The summed E-state index contributed by atoms with van der Waals surface area (Å²) in [4.78, 5) is 11.8. The highest BCUT2D eigenvalue weighted by molar-refractivity contribution is 5.95. The van der Waals surface area contributed by atoms with Crippen LogP contribution in [0.2, 0.25) is 0 Å². The Bertz CT molecular complexity index is 520. The Hall–Kier alpha value is -2.63. The van der Waals surface area contributed by atoms with Gasteiger partial charge in [-0.3, -0.25) is 9.97 Å². The molecular weight excluding hydrogens is 216 g/mol. The van der Waals surface area contributed by atoms with Crippen LogP contribution in [-0.4, -0.2) is 27.0 Å². The zero-order valence-corrected chi connectivity index (χ0v) is 8.93. The van der Waals surface area contributed by atoms with Gasteiger partial charge in [-0.2, -0.15) is 5.10 Å². The maximum absolute atomic E-state index is 5.68. The Morgan fingerprint density at radius 3 is 2.65 bits per heavy atom. The van der Waals surface area contributed by atoms with Crippen LogP contribution >= 0.6 is 0 Å². The fourth-order valence-electron chi connectivity index (χ4n) is 1.09. The van der Waals surface area contributed by atoms with Gasteiger partial charge < -0.3 is 5.73 Å². The highest BCUT2D eigenvalue weighted by Crippen LogP contribution is 1.93. The monoisotopic (exact) mass is 226 g/mol. The summed E-state index contributed by atoms with van der Waals surface area (Å²) in [6.07, 6.45) is 9.58. The third-order valence-corrected chi connectivity index (χ3v) is 1.90. The molecule has 0 unspecified atom stereocenters. The molecule has 0 aromatic carbocycles. The molecule has 0 saturated carbocycles. The molecule has 0 saturated heterocycles. The SMILES string of the molecule is N/C(=N\N=C\c1ccncc1)c1cnccn1. The van der Waals surface area contributed by atoms with Crippen LogP contribution in [0.25, 0.3) is 0 Å². The van der Waals surface area contributed by atoms with Gasteiger partial charge in [0, 0.05) is 24.8 Å². The lowest BCUT2D eigenvalue weighted by Crippen LogP contribution is -2.14. The highest BCUT2D eigenvalue weighted by atomic mass is 15.2. The highest BCUT2D eigenvalue weighted by Gasteiger charge is 1.97. The van der Waals surface area contributed by atoms with Gasteiger partial charge in [0.2, 0.25) is 0 Å². The molecule has 0 spiro atoms. The first-order valence-electron chi connectivity index (χ1n) is 4.89. The number of hydrogen-bond donors (Lipinski definition) is 1. The van der Waals surface area contributed by atoms with Gasteiger partial charge >= 0.3 is 0 Å². The first kappa shape index (κ1) is 10.9. The van der Waals surface area contributed by atoms with E-state index < -0.39 is 0 Å². The predicted molar refractivity (Wildman–Crippen MR) is 64.6 cm³/mol. The minimum absolute atomic E-state index is 0.225. The molecule has 0 fully saturated rings. The molecular formula is C11H10N6. The summed E-state index contributed by atoms with van der Waals surface area (Å²) in [6.45, 7) is 0. The summed E-state index contributed by atoms with van der Waals surface area (Å²) < 4.78 is 0. The van der Waals surface area contributed by atoms with Crippen LogP contribution in [0, 0.1) is 0 Å². The van der Waals surface area contributed by atoms with Crippen molar-refractivity contribution in [2.45, 2.75) is 0 Å². The summed E-state index contributed by atoms with van der Waals surface area (Å²) in [5.41, 5.74) is 7.08. The third-order valence-electron chi connectivity index (χ3n) is 1.90. The van der Waals surface area contributed by atoms with E-state index in [1.807, 2.05) is 12.1 Å². The number of amidine groups is 1. The predicted octanol–water partition coefficient (Wildman–Crippen LogP) is 0.611. The summed E-state index contributed by atoms with van der Waals surface area (Å²) >= 11 is 0. The van der Waals surface area contributed by atoms with Crippen molar-refractivity contribution < 1.29 is 0 Å². The molecule has 2 aromatic rings. The van der Waals surface area contributed by atoms with Crippen LogP contribution in [0.1, 0.15) is 11.3 Å². The van der Waals surface area contributed by atoms with Crippen LogP contribution < -0.4 is 5.73 Å². The number of nitrogens with two attached hydrogens (primary N) is 1. The first-order valence-corrected chi connectivity index (χ1v) is 4.89. The van der Waals surface area contributed by atoms with Gasteiger partial charge in [0.25, 0.3) is 0 Å². The second-order valence-electron chi connectivity index (χ2n) is 3.10. The standard InChI is InChI=1S/C11H10N6/c12-11(10-8-14-5-6-15-10)17-16-7-9-1-3-13-4-2-9/h1-8H,(H2,12,17)/b16-7+. The Kier molecular flexibility index (Phi) is 3.49. The normalized spacial score (nSPS) is 11.9. The van der Waals surface area contributed by atoms with E-state index in [0.29, 0.717) is 5.69 Å². The maximum atomic E-state index is 5.68. The van der Waals surface area contributed by atoms with E-state index in [2.05, 4.69) is 25.2 Å². The van der Waals surface area contributed by atoms with Crippen molar-refractivity contribution in [2.24, 2.45) is 15.9 Å². The fraction of sp³-hybridized carbons (Fsp3) is 0. The first-order chi connectivity index (χ1) is 8.36. The van der Waals surface area contributed by atoms with Crippen molar-refractivity contribution in [1.82, 2.24) is 15.0 Å². The molecule has 0 aliphatic rings. The number of pyridine rings is 1. The van der Waals surface area contributed by atoms with Crippen molar-refractivity contribution in [1.29, 1.82) is 0 Å². The molecule has 0 aliphatic carbocycles. The third kappa shape index (κ3) is 3.16. The molecule has 0 bridgehead atoms. The van der Waals surface area contributed by atoms with Crippen LogP contribution in [0.5, 0.6) is 0 Å². The minimum Gasteiger partial charge on any atom is -0.380 e. The molecule has 17 heavy (non-hydrogen) atoms. The van der Waals surface area contributed by atoms with Crippen molar-refractivity contribution in [3.8, 4) is 0 Å². The van der Waals surface area contributed by atoms with E-state index >= 15 is 0 Å². The summed E-state index contributed by atoms with van der Waals surface area (Å²) in [7, 11) is 0. The van der Waals surface area contributed by atoms with Crippen molar-refractivity contribution in [3.63, 3.8) is 0 Å². The molecule has 0 aliphatic heterocycles. The van der Waals surface area contributed by atoms with Crippen molar-refractivity contribution >= 4 is 12.1 Å². The second-order valence-corrected chi connectivity index (χ2v) is 3.10. The molecule has 2 rings (SSSR count).